The second-order valence-electron chi connectivity index (χ2n) is 11.4. The summed E-state index contributed by atoms with van der Waals surface area (Å²) in [6.07, 6.45) is 8.03. The molecule has 1 aliphatic heterocycles. The predicted octanol–water partition coefficient (Wildman–Crippen LogP) is 7.74. The average Bonchev–Trinajstić information content (AvgIpc) is 3.35. The Kier molecular flexibility index (Phi) is 10.5. The molecule has 0 aromatic heterocycles. The number of likely N-dealkylation sites (tertiary alicyclic amines) is 1. The second kappa shape index (κ2) is 14.7. The number of hydrogen-bond donors (Lipinski definition) is 1. The molecule has 0 bridgehead atoms. The molecule has 1 fully saturated rings. The van der Waals surface area contributed by atoms with E-state index in [-0.39, 0.29) is 12.8 Å². The molecule has 1 saturated heterocycles. The summed E-state index contributed by atoms with van der Waals surface area (Å²) in [5, 5.41) is 0. The van der Waals surface area contributed by atoms with Crippen LogP contribution in [0.1, 0.15) is 73.3 Å². The number of anilines is 1. The van der Waals surface area contributed by atoms with Crippen LogP contribution in [-0.4, -0.2) is 50.5 Å². The lowest BCUT2D eigenvalue weighted by Gasteiger charge is -2.19. The summed E-state index contributed by atoms with van der Waals surface area (Å²) in [5.74, 6) is 0.895. The van der Waals surface area contributed by atoms with Crippen molar-refractivity contribution in [2.75, 3.05) is 45.3 Å². The molecule has 0 amide bonds. The van der Waals surface area contributed by atoms with Crippen LogP contribution in [0.3, 0.4) is 0 Å². The molecular weight excluding hydrogens is 511 g/mol. The highest BCUT2D eigenvalue weighted by molar-refractivity contribution is 6.00. The van der Waals surface area contributed by atoms with E-state index in [9.17, 15) is 4.39 Å². The van der Waals surface area contributed by atoms with Crippen molar-refractivity contribution in [3.05, 3.63) is 94.5 Å². The number of aryl methyl sites for hydroxylation is 2. The van der Waals surface area contributed by atoms with Crippen molar-refractivity contribution >= 4 is 16.8 Å². The van der Waals surface area contributed by atoms with Gasteiger partial charge in [0, 0.05) is 38.5 Å². The summed E-state index contributed by atoms with van der Waals surface area (Å²) >= 11 is 0. The molecule has 0 spiro atoms. The van der Waals surface area contributed by atoms with Crippen molar-refractivity contribution in [1.82, 2.24) is 4.90 Å². The molecule has 5 rings (SSSR count). The fourth-order valence-electron chi connectivity index (χ4n) is 6.20. The van der Waals surface area contributed by atoms with Gasteiger partial charge >= 0.3 is 0 Å². The Balaban J connectivity index is 1.38. The summed E-state index contributed by atoms with van der Waals surface area (Å²) < 4.78 is 24.6. The van der Waals surface area contributed by atoms with E-state index in [4.69, 9.17) is 15.2 Å². The number of nitrogens with two attached hydrogens (primary N) is 1. The standard InChI is InChI=1S/C36H45FN2O2/c1-2-23-40-24-4-6-27-9-11-28(12-10-27)34-8-3-7-30-25-31(38)15-18-35(30)36(34)29-13-16-32(17-14-29)41-33-19-22-39(26-33)21-5-20-37/h9-18,25,33H,2-8,19-24,26,38H2,1H3. The highest BCUT2D eigenvalue weighted by Crippen LogP contribution is 2.41. The normalized spacial score (nSPS) is 17.5. The zero-order valence-electron chi connectivity index (χ0n) is 24.5. The van der Waals surface area contributed by atoms with E-state index in [1.807, 2.05) is 6.07 Å². The van der Waals surface area contributed by atoms with Crippen LogP contribution in [0.2, 0.25) is 0 Å². The molecule has 3 aromatic carbocycles. The molecule has 1 heterocycles. The first-order chi connectivity index (χ1) is 20.1. The number of rotatable bonds is 13. The van der Waals surface area contributed by atoms with Gasteiger partial charge in [-0.15, -0.1) is 0 Å². The number of fused-ring (bicyclic) bond motifs is 1. The quantitative estimate of drug-likeness (QED) is 0.173. The highest BCUT2D eigenvalue weighted by Gasteiger charge is 2.24. The minimum Gasteiger partial charge on any atom is -0.489 e. The van der Waals surface area contributed by atoms with Gasteiger partial charge in [0.1, 0.15) is 11.9 Å². The number of benzene rings is 3. The smallest absolute Gasteiger partial charge is 0.119 e. The second-order valence-corrected chi connectivity index (χ2v) is 11.4. The van der Waals surface area contributed by atoms with Gasteiger partial charge in [-0.25, -0.2) is 0 Å². The van der Waals surface area contributed by atoms with Crippen molar-refractivity contribution in [3.8, 4) is 5.75 Å². The van der Waals surface area contributed by atoms with Crippen LogP contribution >= 0.6 is 0 Å². The predicted molar refractivity (Wildman–Crippen MR) is 168 cm³/mol. The van der Waals surface area contributed by atoms with Gasteiger partial charge in [0.25, 0.3) is 0 Å². The fourth-order valence-corrected chi connectivity index (χ4v) is 6.20. The monoisotopic (exact) mass is 556 g/mol. The molecule has 41 heavy (non-hydrogen) atoms. The van der Waals surface area contributed by atoms with E-state index >= 15 is 0 Å². The molecule has 1 unspecified atom stereocenters. The third kappa shape index (κ3) is 7.78. The zero-order valence-corrected chi connectivity index (χ0v) is 24.5. The molecule has 0 radical (unpaired) electrons. The summed E-state index contributed by atoms with van der Waals surface area (Å²) in [4.78, 5) is 2.30. The first-order valence-corrected chi connectivity index (χ1v) is 15.5. The number of halogens is 1. The Morgan fingerprint density at radius 3 is 2.51 bits per heavy atom. The third-order valence-electron chi connectivity index (χ3n) is 8.26. The molecule has 2 N–H and O–H groups in total. The number of allylic oxidation sites excluding steroid dienone is 1. The average molecular weight is 557 g/mol. The van der Waals surface area contributed by atoms with Crippen LogP contribution in [0, 0.1) is 0 Å². The zero-order chi connectivity index (χ0) is 28.4. The van der Waals surface area contributed by atoms with Gasteiger partial charge < -0.3 is 15.2 Å². The minimum absolute atomic E-state index is 0.161. The van der Waals surface area contributed by atoms with Crippen molar-refractivity contribution in [2.45, 2.75) is 64.4 Å². The van der Waals surface area contributed by atoms with E-state index in [1.54, 1.807) is 0 Å². The summed E-state index contributed by atoms with van der Waals surface area (Å²) in [7, 11) is 0. The van der Waals surface area contributed by atoms with Gasteiger partial charge in [-0.1, -0.05) is 49.4 Å². The lowest BCUT2D eigenvalue weighted by molar-refractivity contribution is 0.132. The molecule has 3 aromatic rings. The maximum absolute atomic E-state index is 12.6. The van der Waals surface area contributed by atoms with E-state index in [0.717, 1.165) is 89.2 Å². The van der Waals surface area contributed by atoms with Gasteiger partial charge in [-0.05, 0) is 115 Å². The fraction of sp³-hybridized carbons (Fsp3) is 0.444. The highest BCUT2D eigenvalue weighted by atomic mass is 19.1. The Morgan fingerprint density at radius 2 is 1.73 bits per heavy atom. The van der Waals surface area contributed by atoms with Gasteiger partial charge in [0.2, 0.25) is 0 Å². The maximum Gasteiger partial charge on any atom is 0.119 e. The number of ether oxygens (including phenoxy) is 2. The molecule has 2 aliphatic rings. The summed E-state index contributed by atoms with van der Waals surface area (Å²) in [6.45, 7) is 6.21. The van der Waals surface area contributed by atoms with Gasteiger partial charge in [-0.3, -0.25) is 9.29 Å². The first-order valence-electron chi connectivity index (χ1n) is 15.5. The Hall–Kier alpha value is -3.15. The Bertz CT molecular complexity index is 1290. The number of nitrogens with zero attached hydrogens (tertiary/aromatic N) is 1. The SMILES string of the molecule is CCCOCCCc1ccc(C2=C(c3ccc(OC4CCN(CCCF)C4)cc3)c3ccc(N)cc3CCC2)cc1. The van der Waals surface area contributed by atoms with Crippen molar-refractivity contribution in [2.24, 2.45) is 0 Å². The molecule has 5 heteroatoms. The maximum atomic E-state index is 12.6. The number of alkyl halides is 1. The van der Waals surface area contributed by atoms with Crippen LogP contribution in [0.15, 0.2) is 66.7 Å². The van der Waals surface area contributed by atoms with Crippen LogP contribution < -0.4 is 10.5 Å². The summed E-state index contributed by atoms with van der Waals surface area (Å²) in [5.41, 5.74) is 16.2. The molecule has 0 saturated carbocycles. The van der Waals surface area contributed by atoms with Crippen LogP contribution in [0.4, 0.5) is 10.1 Å². The number of hydrogen-bond acceptors (Lipinski definition) is 4. The Labute approximate surface area is 245 Å². The van der Waals surface area contributed by atoms with Crippen LogP contribution in [0.25, 0.3) is 11.1 Å². The van der Waals surface area contributed by atoms with Crippen molar-refractivity contribution in [3.63, 3.8) is 0 Å². The van der Waals surface area contributed by atoms with Gasteiger partial charge in [0.05, 0.1) is 6.67 Å². The van der Waals surface area contributed by atoms with Crippen molar-refractivity contribution in [1.29, 1.82) is 0 Å². The molecule has 1 aliphatic carbocycles. The molecule has 218 valence electrons. The van der Waals surface area contributed by atoms with Gasteiger partial charge in [-0.2, -0.15) is 0 Å². The number of nitrogen functional groups attached to an aromatic ring is 1. The van der Waals surface area contributed by atoms with Gasteiger partial charge in [0.15, 0.2) is 0 Å². The first kappa shape index (κ1) is 29.3. The molecular formula is C36H45FN2O2. The lowest BCUT2D eigenvalue weighted by Crippen LogP contribution is -2.26. The largest absolute Gasteiger partial charge is 0.489 e. The third-order valence-corrected chi connectivity index (χ3v) is 8.26. The van der Waals surface area contributed by atoms with Crippen molar-refractivity contribution < 1.29 is 13.9 Å². The topological polar surface area (TPSA) is 47.7 Å². The minimum atomic E-state index is -0.254. The molecule has 4 nitrogen and oxygen atoms in total. The summed E-state index contributed by atoms with van der Waals surface area (Å²) in [6, 6.07) is 24.2. The lowest BCUT2D eigenvalue weighted by atomic mass is 9.87. The van der Waals surface area contributed by atoms with E-state index in [1.165, 1.54) is 39.0 Å². The van der Waals surface area contributed by atoms with E-state index in [2.05, 4.69) is 72.5 Å². The van der Waals surface area contributed by atoms with E-state index < -0.39 is 0 Å². The van der Waals surface area contributed by atoms with Crippen LogP contribution in [-0.2, 0) is 17.6 Å². The van der Waals surface area contributed by atoms with E-state index in [0.29, 0.717) is 6.42 Å². The molecule has 1 atom stereocenters. The Morgan fingerprint density at radius 1 is 0.927 bits per heavy atom. The van der Waals surface area contributed by atoms with Crippen LogP contribution in [0.5, 0.6) is 5.75 Å².